The van der Waals surface area contributed by atoms with Crippen LogP contribution in [0.1, 0.15) is 30.6 Å². The highest BCUT2D eigenvalue weighted by molar-refractivity contribution is 6.06. The summed E-state index contributed by atoms with van der Waals surface area (Å²) in [6, 6.07) is 6.30. The van der Waals surface area contributed by atoms with Crippen molar-refractivity contribution < 1.29 is 19.1 Å². The van der Waals surface area contributed by atoms with Crippen LogP contribution in [0.15, 0.2) is 36.9 Å². The fraction of sp³-hybridized carbons (Fsp3) is 0.312. The molecule has 0 bridgehead atoms. The van der Waals surface area contributed by atoms with Crippen LogP contribution in [0, 0.1) is 5.92 Å². The van der Waals surface area contributed by atoms with Crippen LogP contribution in [0.3, 0.4) is 0 Å². The van der Waals surface area contributed by atoms with Gasteiger partial charge in [0, 0.05) is 5.69 Å². The Morgan fingerprint density at radius 3 is 2.38 bits per heavy atom. The van der Waals surface area contributed by atoms with Crippen LogP contribution in [0.25, 0.3) is 0 Å². The van der Waals surface area contributed by atoms with Crippen LogP contribution < -0.4 is 5.32 Å². The van der Waals surface area contributed by atoms with Gasteiger partial charge in [0.05, 0.1) is 18.1 Å². The first-order chi connectivity index (χ1) is 9.99. The van der Waals surface area contributed by atoms with E-state index in [0.717, 1.165) is 0 Å². The van der Waals surface area contributed by atoms with E-state index in [1.165, 1.54) is 13.0 Å². The van der Waals surface area contributed by atoms with Gasteiger partial charge in [-0.25, -0.2) is 4.79 Å². The van der Waals surface area contributed by atoms with Gasteiger partial charge < -0.3 is 10.1 Å². The average molecular weight is 289 g/mol. The van der Waals surface area contributed by atoms with Gasteiger partial charge in [0.15, 0.2) is 0 Å². The number of amides is 1. The van der Waals surface area contributed by atoms with Crippen LogP contribution in [-0.4, -0.2) is 24.3 Å². The summed E-state index contributed by atoms with van der Waals surface area (Å²) >= 11 is 0. The van der Waals surface area contributed by atoms with Crippen LogP contribution >= 0.6 is 0 Å². The quantitative estimate of drug-likeness (QED) is 0.476. The summed E-state index contributed by atoms with van der Waals surface area (Å²) in [4.78, 5) is 34.9. The molecular weight excluding hydrogens is 270 g/mol. The lowest BCUT2D eigenvalue weighted by molar-refractivity contribution is -0.129. The minimum Gasteiger partial charge on any atom is -0.462 e. The molecule has 0 aromatic heterocycles. The second-order valence-corrected chi connectivity index (χ2v) is 4.47. The van der Waals surface area contributed by atoms with Crippen molar-refractivity contribution in [1.82, 2.24) is 0 Å². The number of nitrogens with one attached hydrogen (secondary N) is 1. The Bertz CT molecular complexity index is 534. The van der Waals surface area contributed by atoms with E-state index in [2.05, 4.69) is 11.9 Å². The number of ketones is 1. The van der Waals surface area contributed by atoms with E-state index in [9.17, 15) is 14.4 Å². The molecule has 0 radical (unpaired) electrons. The third kappa shape index (κ3) is 4.87. The Morgan fingerprint density at radius 2 is 1.90 bits per heavy atom. The van der Waals surface area contributed by atoms with E-state index in [0.29, 0.717) is 24.3 Å². The van der Waals surface area contributed by atoms with Crippen LogP contribution in [-0.2, 0) is 14.3 Å². The molecule has 0 saturated heterocycles. The standard InChI is InChI=1S/C16H19NO4/c1-4-6-14(11(3)18)15(19)17-13-9-7-12(8-10-13)16(20)21-5-2/h4,7-10,14H,1,5-6H2,2-3H3,(H,17,19). The summed E-state index contributed by atoms with van der Waals surface area (Å²) in [6.45, 7) is 6.94. The topological polar surface area (TPSA) is 72.5 Å². The average Bonchev–Trinajstić information content (AvgIpc) is 2.45. The highest BCUT2D eigenvalue weighted by atomic mass is 16.5. The zero-order valence-electron chi connectivity index (χ0n) is 12.2. The SMILES string of the molecule is C=CCC(C(C)=O)C(=O)Nc1ccc(C(=O)OCC)cc1. The van der Waals surface area contributed by atoms with E-state index in [1.54, 1.807) is 31.2 Å². The number of Topliss-reactive ketones (excluding diaryl/α,β-unsaturated/α-hetero) is 1. The van der Waals surface area contributed by atoms with Crippen LogP contribution in [0.4, 0.5) is 5.69 Å². The Labute approximate surface area is 124 Å². The first kappa shape index (κ1) is 16.6. The molecular formula is C16H19NO4. The number of carbonyl (C=O) groups excluding carboxylic acids is 3. The van der Waals surface area contributed by atoms with Crippen molar-refractivity contribution in [2.75, 3.05) is 11.9 Å². The number of esters is 1. The zero-order valence-corrected chi connectivity index (χ0v) is 12.2. The molecule has 0 saturated carbocycles. The third-order valence-corrected chi connectivity index (χ3v) is 2.87. The molecule has 112 valence electrons. The summed E-state index contributed by atoms with van der Waals surface area (Å²) in [5, 5.41) is 2.65. The smallest absolute Gasteiger partial charge is 0.338 e. The van der Waals surface area contributed by atoms with Crippen molar-refractivity contribution in [3.8, 4) is 0 Å². The van der Waals surface area contributed by atoms with Crippen molar-refractivity contribution in [2.45, 2.75) is 20.3 Å². The minimum atomic E-state index is -0.743. The van der Waals surface area contributed by atoms with Crippen molar-refractivity contribution in [2.24, 2.45) is 5.92 Å². The van der Waals surface area contributed by atoms with Crippen LogP contribution in [0.2, 0.25) is 0 Å². The van der Waals surface area contributed by atoms with Crippen LogP contribution in [0.5, 0.6) is 0 Å². The number of rotatable bonds is 7. The Kier molecular flexibility index (Phi) is 6.33. The highest BCUT2D eigenvalue weighted by Gasteiger charge is 2.21. The molecule has 0 aliphatic heterocycles. The molecule has 1 rings (SSSR count). The molecule has 1 atom stereocenters. The molecule has 1 aromatic rings. The maximum atomic E-state index is 12.0. The maximum absolute atomic E-state index is 12.0. The van der Waals surface area contributed by atoms with Gasteiger partial charge in [0.1, 0.15) is 5.78 Å². The summed E-state index contributed by atoms with van der Waals surface area (Å²) in [5.41, 5.74) is 0.924. The monoisotopic (exact) mass is 289 g/mol. The molecule has 1 amide bonds. The lowest BCUT2D eigenvalue weighted by Crippen LogP contribution is -2.27. The van der Waals surface area contributed by atoms with Gasteiger partial charge >= 0.3 is 5.97 Å². The second-order valence-electron chi connectivity index (χ2n) is 4.47. The predicted molar refractivity (Wildman–Crippen MR) is 80.0 cm³/mol. The number of hydrogen-bond donors (Lipinski definition) is 1. The number of ether oxygens (including phenoxy) is 1. The van der Waals surface area contributed by atoms with Gasteiger partial charge in [-0.1, -0.05) is 6.08 Å². The van der Waals surface area contributed by atoms with Crippen molar-refractivity contribution in [3.05, 3.63) is 42.5 Å². The van der Waals surface area contributed by atoms with Crippen molar-refractivity contribution in [3.63, 3.8) is 0 Å². The molecule has 0 fully saturated rings. The van der Waals surface area contributed by atoms with Crippen molar-refractivity contribution >= 4 is 23.3 Å². The van der Waals surface area contributed by atoms with Gasteiger partial charge in [-0.15, -0.1) is 6.58 Å². The number of allylic oxidation sites excluding steroid dienone is 1. The van der Waals surface area contributed by atoms with Gasteiger partial charge in [-0.05, 0) is 44.5 Å². The molecule has 0 aliphatic carbocycles. The minimum absolute atomic E-state index is 0.212. The zero-order chi connectivity index (χ0) is 15.8. The lowest BCUT2D eigenvalue weighted by atomic mass is 10.00. The number of anilines is 1. The normalized spacial score (nSPS) is 11.3. The van der Waals surface area contributed by atoms with Gasteiger partial charge in [-0.3, -0.25) is 9.59 Å². The first-order valence-corrected chi connectivity index (χ1v) is 6.69. The van der Waals surface area contributed by atoms with Gasteiger partial charge in [-0.2, -0.15) is 0 Å². The number of carbonyl (C=O) groups is 3. The molecule has 1 unspecified atom stereocenters. The largest absolute Gasteiger partial charge is 0.462 e. The van der Waals surface area contributed by atoms with Gasteiger partial charge in [0.2, 0.25) is 5.91 Å². The molecule has 21 heavy (non-hydrogen) atoms. The third-order valence-electron chi connectivity index (χ3n) is 2.87. The van der Waals surface area contributed by atoms with E-state index in [-0.39, 0.29) is 11.7 Å². The molecule has 1 aromatic carbocycles. The number of benzene rings is 1. The van der Waals surface area contributed by atoms with E-state index in [1.807, 2.05) is 0 Å². The molecule has 0 aliphatic rings. The molecule has 1 N–H and O–H groups in total. The maximum Gasteiger partial charge on any atom is 0.338 e. The summed E-state index contributed by atoms with van der Waals surface area (Å²) in [7, 11) is 0. The second kappa shape index (κ2) is 7.99. The van der Waals surface area contributed by atoms with E-state index < -0.39 is 11.9 Å². The highest BCUT2D eigenvalue weighted by Crippen LogP contribution is 2.14. The first-order valence-electron chi connectivity index (χ1n) is 6.69. The van der Waals surface area contributed by atoms with E-state index in [4.69, 9.17) is 4.74 Å². The van der Waals surface area contributed by atoms with Gasteiger partial charge in [0.25, 0.3) is 0 Å². The van der Waals surface area contributed by atoms with E-state index >= 15 is 0 Å². The fourth-order valence-corrected chi connectivity index (χ4v) is 1.76. The summed E-state index contributed by atoms with van der Waals surface area (Å²) in [5.74, 6) is -1.75. The summed E-state index contributed by atoms with van der Waals surface area (Å²) in [6.07, 6.45) is 1.83. The molecule has 0 heterocycles. The summed E-state index contributed by atoms with van der Waals surface area (Å²) < 4.78 is 4.87. The number of hydrogen-bond acceptors (Lipinski definition) is 4. The van der Waals surface area contributed by atoms with Crippen molar-refractivity contribution in [1.29, 1.82) is 0 Å². The molecule has 5 heteroatoms. The Morgan fingerprint density at radius 1 is 1.29 bits per heavy atom. The molecule has 0 spiro atoms. The molecule has 5 nitrogen and oxygen atoms in total. The predicted octanol–water partition coefficient (Wildman–Crippen LogP) is 2.58. The Balaban J connectivity index is 2.74. The lowest BCUT2D eigenvalue weighted by Gasteiger charge is -2.12. The Hall–Kier alpha value is -2.43. The fourth-order valence-electron chi connectivity index (χ4n) is 1.76.